The van der Waals surface area contributed by atoms with Crippen LogP contribution in [0.1, 0.15) is 19.8 Å². The summed E-state index contributed by atoms with van der Waals surface area (Å²) in [5.74, 6) is 6.22. The van der Waals surface area contributed by atoms with Crippen LogP contribution >= 0.6 is 0 Å². The van der Waals surface area contributed by atoms with Gasteiger partial charge in [-0.25, -0.2) is 5.84 Å². The molecule has 6 nitrogen and oxygen atoms in total. The molecule has 0 aromatic heterocycles. The average molecular weight is 246 g/mol. The second-order valence-corrected chi connectivity index (χ2v) is 3.68. The van der Waals surface area contributed by atoms with Crippen LogP contribution < -0.4 is 11.3 Å². The standard InChI is InChI=1S/C11H26N4O2/c1-4-6-13-11(14-12)15(8-10-17-3)7-5-9-16-2/h4-10,12H2,1-3H3,(H,13,14). The van der Waals surface area contributed by atoms with Gasteiger partial charge >= 0.3 is 0 Å². The lowest BCUT2D eigenvalue weighted by Crippen LogP contribution is -2.46. The predicted molar refractivity (Wildman–Crippen MR) is 69.9 cm³/mol. The van der Waals surface area contributed by atoms with E-state index >= 15 is 0 Å². The molecule has 0 rings (SSSR count). The Morgan fingerprint density at radius 3 is 2.47 bits per heavy atom. The Morgan fingerprint density at radius 1 is 1.24 bits per heavy atom. The first-order valence-electron chi connectivity index (χ1n) is 6.04. The van der Waals surface area contributed by atoms with Gasteiger partial charge in [-0.15, -0.1) is 0 Å². The zero-order valence-electron chi connectivity index (χ0n) is 11.2. The first kappa shape index (κ1) is 16.1. The van der Waals surface area contributed by atoms with Crippen LogP contribution in [0, 0.1) is 0 Å². The van der Waals surface area contributed by atoms with Crippen molar-refractivity contribution >= 4 is 5.96 Å². The van der Waals surface area contributed by atoms with Crippen LogP contribution in [0.25, 0.3) is 0 Å². The number of guanidine groups is 1. The highest BCUT2D eigenvalue weighted by Crippen LogP contribution is 1.95. The van der Waals surface area contributed by atoms with E-state index in [1.807, 2.05) is 0 Å². The third-order valence-corrected chi connectivity index (χ3v) is 2.26. The van der Waals surface area contributed by atoms with Gasteiger partial charge in [0, 0.05) is 40.5 Å². The highest BCUT2D eigenvalue weighted by atomic mass is 16.5. The van der Waals surface area contributed by atoms with Crippen LogP contribution in [-0.4, -0.2) is 57.9 Å². The lowest BCUT2D eigenvalue weighted by atomic mass is 10.4. The van der Waals surface area contributed by atoms with Gasteiger partial charge in [-0.3, -0.25) is 10.4 Å². The average Bonchev–Trinajstić information content (AvgIpc) is 2.36. The third kappa shape index (κ3) is 7.95. The number of hydrogen-bond acceptors (Lipinski definition) is 4. The molecule has 0 aliphatic carbocycles. The summed E-state index contributed by atoms with van der Waals surface area (Å²) in [6.07, 6.45) is 1.94. The van der Waals surface area contributed by atoms with Gasteiger partial charge in [-0.05, 0) is 12.8 Å². The van der Waals surface area contributed by atoms with Gasteiger partial charge in [-0.1, -0.05) is 6.92 Å². The van der Waals surface area contributed by atoms with Gasteiger partial charge in [0.15, 0.2) is 0 Å². The van der Waals surface area contributed by atoms with E-state index in [2.05, 4.69) is 22.2 Å². The molecule has 0 heterocycles. The molecule has 102 valence electrons. The molecule has 0 saturated heterocycles. The number of hydrogen-bond donors (Lipinski definition) is 2. The van der Waals surface area contributed by atoms with Crippen molar-refractivity contribution in [2.45, 2.75) is 19.8 Å². The van der Waals surface area contributed by atoms with E-state index in [-0.39, 0.29) is 0 Å². The van der Waals surface area contributed by atoms with E-state index < -0.39 is 0 Å². The molecule has 0 unspecified atom stereocenters. The van der Waals surface area contributed by atoms with E-state index in [4.69, 9.17) is 15.3 Å². The first-order chi connectivity index (χ1) is 8.29. The fraction of sp³-hybridized carbons (Fsp3) is 0.909. The number of hydrazine groups is 1. The summed E-state index contributed by atoms with van der Waals surface area (Å²) in [7, 11) is 3.39. The van der Waals surface area contributed by atoms with E-state index in [1.54, 1.807) is 14.2 Å². The fourth-order valence-corrected chi connectivity index (χ4v) is 1.38. The molecule has 0 amide bonds. The molecule has 0 aliphatic rings. The van der Waals surface area contributed by atoms with Crippen molar-refractivity contribution in [1.29, 1.82) is 0 Å². The maximum Gasteiger partial charge on any atom is 0.208 e. The van der Waals surface area contributed by atoms with Gasteiger partial charge in [0.05, 0.1) is 6.61 Å². The minimum absolute atomic E-state index is 0.653. The lowest BCUT2D eigenvalue weighted by Gasteiger charge is -2.25. The minimum Gasteiger partial charge on any atom is -0.385 e. The van der Waals surface area contributed by atoms with Crippen molar-refractivity contribution in [2.24, 2.45) is 10.8 Å². The molecule has 0 fully saturated rings. The molecule has 0 aliphatic heterocycles. The van der Waals surface area contributed by atoms with Gasteiger partial charge in [-0.2, -0.15) is 0 Å². The van der Waals surface area contributed by atoms with Crippen molar-refractivity contribution in [3.05, 3.63) is 0 Å². The molecular weight excluding hydrogens is 220 g/mol. The van der Waals surface area contributed by atoms with Crippen molar-refractivity contribution in [3.63, 3.8) is 0 Å². The smallest absolute Gasteiger partial charge is 0.208 e. The highest BCUT2D eigenvalue weighted by Gasteiger charge is 2.09. The largest absolute Gasteiger partial charge is 0.385 e. The molecule has 0 radical (unpaired) electrons. The number of nitrogens with two attached hydrogens (primary N) is 1. The van der Waals surface area contributed by atoms with Crippen molar-refractivity contribution in [3.8, 4) is 0 Å². The molecule has 0 aromatic rings. The van der Waals surface area contributed by atoms with Crippen LogP contribution in [0.3, 0.4) is 0 Å². The zero-order chi connectivity index (χ0) is 12.9. The molecule has 0 aromatic carbocycles. The summed E-state index contributed by atoms with van der Waals surface area (Å²) in [5, 5.41) is 0. The fourth-order valence-electron chi connectivity index (χ4n) is 1.38. The molecule has 17 heavy (non-hydrogen) atoms. The number of methoxy groups -OCH3 is 2. The van der Waals surface area contributed by atoms with Crippen molar-refractivity contribution in [1.82, 2.24) is 10.3 Å². The minimum atomic E-state index is 0.653. The highest BCUT2D eigenvalue weighted by molar-refractivity contribution is 5.79. The first-order valence-corrected chi connectivity index (χ1v) is 6.04. The monoisotopic (exact) mass is 246 g/mol. The second-order valence-electron chi connectivity index (χ2n) is 3.68. The maximum absolute atomic E-state index is 5.50. The van der Waals surface area contributed by atoms with E-state index in [0.29, 0.717) is 6.61 Å². The molecular formula is C11H26N4O2. The third-order valence-electron chi connectivity index (χ3n) is 2.26. The lowest BCUT2D eigenvalue weighted by molar-refractivity contribution is 0.159. The van der Waals surface area contributed by atoms with Crippen LogP contribution in [0.2, 0.25) is 0 Å². The summed E-state index contributed by atoms with van der Waals surface area (Å²) < 4.78 is 10.1. The Morgan fingerprint density at radius 2 is 1.94 bits per heavy atom. The number of nitrogens with one attached hydrogen (secondary N) is 1. The number of rotatable bonds is 9. The number of nitrogens with zero attached hydrogens (tertiary/aromatic N) is 2. The number of ether oxygens (including phenoxy) is 2. The molecule has 6 heteroatoms. The van der Waals surface area contributed by atoms with Gasteiger partial charge in [0.2, 0.25) is 5.96 Å². The van der Waals surface area contributed by atoms with Crippen LogP contribution in [0.4, 0.5) is 0 Å². The van der Waals surface area contributed by atoms with Gasteiger partial charge in [0.1, 0.15) is 0 Å². The van der Waals surface area contributed by atoms with Crippen LogP contribution in [0.5, 0.6) is 0 Å². The van der Waals surface area contributed by atoms with Crippen molar-refractivity contribution in [2.75, 3.05) is 47.1 Å². The normalized spacial score (nSPS) is 11.6. The Labute approximate surface area is 104 Å². The predicted octanol–water partition coefficient (Wildman–Crippen LogP) is 0.201. The number of aliphatic imine (C=N–C) groups is 1. The van der Waals surface area contributed by atoms with Crippen LogP contribution in [0.15, 0.2) is 4.99 Å². The zero-order valence-corrected chi connectivity index (χ0v) is 11.2. The summed E-state index contributed by atoms with van der Waals surface area (Å²) in [4.78, 5) is 6.48. The topological polar surface area (TPSA) is 72.1 Å². The Kier molecular flexibility index (Phi) is 11.0. The Hall–Kier alpha value is -0.850. The summed E-state index contributed by atoms with van der Waals surface area (Å²) in [6, 6.07) is 0. The molecule has 0 spiro atoms. The quantitative estimate of drug-likeness (QED) is 0.200. The van der Waals surface area contributed by atoms with E-state index in [0.717, 1.165) is 45.0 Å². The maximum atomic E-state index is 5.50. The van der Waals surface area contributed by atoms with Gasteiger partial charge in [0.25, 0.3) is 0 Å². The molecule has 0 bridgehead atoms. The summed E-state index contributed by atoms with van der Waals surface area (Å²) in [5.41, 5.74) is 2.65. The SMILES string of the molecule is CCCN=C(NN)N(CCCOC)CCOC. The van der Waals surface area contributed by atoms with Crippen LogP contribution in [-0.2, 0) is 9.47 Å². The van der Waals surface area contributed by atoms with E-state index in [1.165, 1.54) is 0 Å². The summed E-state index contributed by atoms with van der Waals surface area (Å²) >= 11 is 0. The molecule has 3 N–H and O–H groups in total. The molecule has 0 atom stereocenters. The molecule has 0 saturated carbocycles. The van der Waals surface area contributed by atoms with Gasteiger partial charge < -0.3 is 14.4 Å². The second kappa shape index (κ2) is 11.6. The Bertz CT molecular complexity index is 200. The Balaban J connectivity index is 4.28. The van der Waals surface area contributed by atoms with Crippen molar-refractivity contribution < 1.29 is 9.47 Å². The summed E-state index contributed by atoms with van der Waals surface area (Å²) in [6.45, 7) is 5.86. The van der Waals surface area contributed by atoms with E-state index in [9.17, 15) is 0 Å².